The van der Waals surface area contributed by atoms with Gasteiger partial charge in [0, 0.05) is 30.3 Å². The van der Waals surface area contributed by atoms with Crippen LogP contribution in [0.25, 0.3) is 0 Å². The molecule has 1 heterocycles. The summed E-state index contributed by atoms with van der Waals surface area (Å²) in [6, 6.07) is 6.59. The molecule has 0 spiro atoms. The van der Waals surface area contributed by atoms with Gasteiger partial charge in [0.15, 0.2) is 0 Å². The Morgan fingerprint density at radius 2 is 2.00 bits per heavy atom. The molecule has 1 aromatic carbocycles. The van der Waals surface area contributed by atoms with Crippen molar-refractivity contribution in [3.05, 3.63) is 29.8 Å². The largest absolute Gasteiger partial charge is 0.469 e. The van der Waals surface area contributed by atoms with Gasteiger partial charge in [-0.05, 0) is 37.6 Å². The SMILES string of the molecule is COC(=O)CC(C)NC(=O)c1ccc(N2CCCC2=O)cc1. The van der Waals surface area contributed by atoms with E-state index in [9.17, 15) is 14.4 Å². The minimum absolute atomic E-state index is 0.115. The molecule has 6 nitrogen and oxygen atoms in total. The Balaban J connectivity index is 1.96. The molecular formula is C16H20N2O4. The lowest BCUT2D eigenvalue weighted by atomic mass is 10.1. The van der Waals surface area contributed by atoms with Crippen molar-refractivity contribution in [3.63, 3.8) is 0 Å². The highest BCUT2D eigenvalue weighted by atomic mass is 16.5. The first kappa shape index (κ1) is 16.0. The van der Waals surface area contributed by atoms with Gasteiger partial charge >= 0.3 is 5.97 Å². The maximum atomic E-state index is 12.1. The average molecular weight is 304 g/mol. The van der Waals surface area contributed by atoms with Gasteiger partial charge in [0.2, 0.25) is 5.91 Å². The third-order valence-electron chi connectivity index (χ3n) is 3.59. The van der Waals surface area contributed by atoms with Crippen LogP contribution in [0.1, 0.15) is 36.5 Å². The van der Waals surface area contributed by atoms with Gasteiger partial charge in [-0.25, -0.2) is 0 Å². The highest BCUT2D eigenvalue weighted by Gasteiger charge is 2.21. The fourth-order valence-electron chi connectivity index (χ4n) is 2.41. The summed E-state index contributed by atoms with van der Waals surface area (Å²) in [4.78, 5) is 36.6. The zero-order chi connectivity index (χ0) is 16.1. The van der Waals surface area contributed by atoms with E-state index in [4.69, 9.17) is 0 Å². The van der Waals surface area contributed by atoms with Crippen molar-refractivity contribution in [3.8, 4) is 0 Å². The number of carbonyl (C=O) groups is 3. The van der Waals surface area contributed by atoms with Crippen molar-refractivity contribution in [1.29, 1.82) is 0 Å². The van der Waals surface area contributed by atoms with Crippen LogP contribution in [-0.2, 0) is 14.3 Å². The zero-order valence-electron chi connectivity index (χ0n) is 12.8. The summed E-state index contributed by atoms with van der Waals surface area (Å²) < 4.78 is 4.56. The number of esters is 1. The van der Waals surface area contributed by atoms with E-state index in [1.54, 1.807) is 36.1 Å². The Labute approximate surface area is 129 Å². The molecule has 0 radical (unpaired) electrons. The average Bonchev–Trinajstić information content (AvgIpc) is 2.93. The monoisotopic (exact) mass is 304 g/mol. The van der Waals surface area contributed by atoms with E-state index in [0.29, 0.717) is 12.0 Å². The molecule has 1 saturated heterocycles. The maximum Gasteiger partial charge on any atom is 0.307 e. The molecule has 1 aromatic rings. The molecule has 1 aliphatic heterocycles. The normalized spacial score (nSPS) is 15.5. The number of methoxy groups -OCH3 is 1. The summed E-state index contributed by atoms with van der Waals surface area (Å²) in [5.74, 6) is -0.504. The Hall–Kier alpha value is -2.37. The molecule has 0 saturated carbocycles. The predicted octanol–water partition coefficient (Wildman–Crippen LogP) is 1.49. The van der Waals surface area contributed by atoms with Gasteiger partial charge in [0.25, 0.3) is 5.91 Å². The number of amides is 2. The van der Waals surface area contributed by atoms with Gasteiger partial charge in [0.1, 0.15) is 0 Å². The van der Waals surface area contributed by atoms with Crippen LogP contribution in [0.5, 0.6) is 0 Å². The molecule has 2 rings (SSSR count). The third-order valence-corrected chi connectivity index (χ3v) is 3.59. The second-order valence-electron chi connectivity index (χ2n) is 5.35. The Bertz CT molecular complexity index is 568. The van der Waals surface area contributed by atoms with Crippen LogP contribution in [0.2, 0.25) is 0 Å². The molecule has 1 fully saturated rings. The van der Waals surface area contributed by atoms with Crippen LogP contribution in [0.4, 0.5) is 5.69 Å². The predicted molar refractivity (Wildman–Crippen MR) is 81.6 cm³/mol. The second kappa shape index (κ2) is 7.06. The van der Waals surface area contributed by atoms with E-state index in [1.807, 2.05) is 0 Å². The minimum Gasteiger partial charge on any atom is -0.469 e. The molecule has 1 aliphatic rings. The first-order valence-corrected chi connectivity index (χ1v) is 7.29. The Morgan fingerprint density at radius 3 is 2.55 bits per heavy atom. The summed E-state index contributed by atoms with van der Waals surface area (Å²) in [7, 11) is 1.31. The molecule has 0 bridgehead atoms. The number of hydrogen-bond donors (Lipinski definition) is 1. The highest BCUT2D eigenvalue weighted by molar-refractivity contribution is 5.97. The van der Waals surface area contributed by atoms with Crippen molar-refractivity contribution in [2.45, 2.75) is 32.2 Å². The van der Waals surface area contributed by atoms with Gasteiger partial charge in [0.05, 0.1) is 13.5 Å². The smallest absolute Gasteiger partial charge is 0.307 e. The lowest BCUT2D eigenvalue weighted by molar-refractivity contribution is -0.141. The molecule has 22 heavy (non-hydrogen) atoms. The highest BCUT2D eigenvalue weighted by Crippen LogP contribution is 2.21. The molecule has 1 atom stereocenters. The molecule has 1 N–H and O–H groups in total. The number of rotatable bonds is 5. The van der Waals surface area contributed by atoms with Crippen LogP contribution in [0, 0.1) is 0 Å². The topological polar surface area (TPSA) is 75.7 Å². The molecule has 1 unspecified atom stereocenters. The van der Waals surface area contributed by atoms with Crippen molar-refractivity contribution in [1.82, 2.24) is 5.32 Å². The van der Waals surface area contributed by atoms with Gasteiger partial charge in [-0.1, -0.05) is 0 Å². The molecule has 6 heteroatoms. The number of ether oxygens (including phenoxy) is 1. The Kier molecular flexibility index (Phi) is 5.14. The second-order valence-corrected chi connectivity index (χ2v) is 5.35. The fourth-order valence-corrected chi connectivity index (χ4v) is 2.41. The first-order chi connectivity index (χ1) is 10.5. The van der Waals surface area contributed by atoms with Crippen LogP contribution in [0.3, 0.4) is 0 Å². The number of benzene rings is 1. The lowest BCUT2D eigenvalue weighted by Gasteiger charge is -2.16. The standard InChI is InChI=1S/C16H20N2O4/c1-11(10-15(20)22-2)17-16(21)12-5-7-13(8-6-12)18-9-3-4-14(18)19/h5-8,11H,3-4,9-10H2,1-2H3,(H,17,21). The third kappa shape index (κ3) is 3.84. The van der Waals surface area contributed by atoms with Crippen LogP contribution >= 0.6 is 0 Å². The lowest BCUT2D eigenvalue weighted by Crippen LogP contribution is -2.34. The summed E-state index contributed by atoms with van der Waals surface area (Å²) in [6.07, 6.45) is 1.57. The number of nitrogens with one attached hydrogen (secondary N) is 1. The van der Waals surface area contributed by atoms with Crippen LogP contribution < -0.4 is 10.2 Å². The van der Waals surface area contributed by atoms with Gasteiger partial charge in [-0.15, -0.1) is 0 Å². The van der Waals surface area contributed by atoms with Crippen LogP contribution in [-0.4, -0.2) is 37.5 Å². The summed E-state index contributed by atoms with van der Waals surface area (Å²) in [5.41, 5.74) is 1.30. The fraction of sp³-hybridized carbons (Fsp3) is 0.438. The van der Waals surface area contributed by atoms with Crippen molar-refractivity contribution < 1.29 is 19.1 Å². The Morgan fingerprint density at radius 1 is 1.32 bits per heavy atom. The van der Waals surface area contributed by atoms with E-state index in [1.165, 1.54) is 7.11 Å². The van der Waals surface area contributed by atoms with E-state index >= 15 is 0 Å². The van der Waals surface area contributed by atoms with Gasteiger partial charge in [-0.3, -0.25) is 14.4 Å². The van der Waals surface area contributed by atoms with E-state index in [0.717, 1.165) is 18.7 Å². The van der Waals surface area contributed by atoms with Gasteiger partial charge in [-0.2, -0.15) is 0 Å². The van der Waals surface area contributed by atoms with E-state index < -0.39 is 0 Å². The zero-order valence-corrected chi connectivity index (χ0v) is 12.8. The molecule has 0 aliphatic carbocycles. The summed E-state index contributed by atoms with van der Waals surface area (Å²) in [6.45, 7) is 2.46. The first-order valence-electron chi connectivity index (χ1n) is 7.29. The number of nitrogens with zero attached hydrogens (tertiary/aromatic N) is 1. The molecule has 2 amide bonds. The summed E-state index contributed by atoms with van der Waals surface area (Å²) in [5, 5.41) is 2.74. The van der Waals surface area contributed by atoms with Crippen molar-refractivity contribution in [2.24, 2.45) is 0 Å². The number of carbonyl (C=O) groups excluding carboxylic acids is 3. The minimum atomic E-state index is -0.365. The van der Waals surface area contributed by atoms with Crippen molar-refractivity contribution in [2.75, 3.05) is 18.6 Å². The van der Waals surface area contributed by atoms with E-state index in [-0.39, 0.29) is 30.2 Å². The quantitative estimate of drug-likeness (QED) is 0.836. The summed E-state index contributed by atoms with van der Waals surface area (Å²) >= 11 is 0. The van der Waals surface area contributed by atoms with Crippen molar-refractivity contribution >= 4 is 23.5 Å². The van der Waals surface area contributed by atoms with Crippen LogP contribution in [0.15, 0.2) is 24.3 Å². The molecular weight excluding hydrogens is 284 g/mol. The molecule has 0 aromatic heterocycles. The molecule has 118 valence electrons. The van der Waals surface area contributed by atoms with E-state index in [2.05, 4.69) is 10.1 Å². The number of hydrogen-bond acceptors (Lipinski definition) is 4. The van der Waals surface area contributed by atoms with Gasteiger partial charge < -0.3 is 15.0 Å². The maximum absolute atomic E-state index is 12.1. The number of anilines is 1.